The zero-order valence-electron chi connectivity index (χ0n) is 20.1. The van der Waals surface area contributed by atoms with Gasteiger partial charge in [0.05, 0.1) is 18.6 Å². The lowest BCUT2D eigenvalue weighted by Gasteiger charge is -2.18. The highest BCUT2D eigenvalue weighted by atomic mass is 32.2. The van der Waals surface area contributed by atoms with Crippen LogP contribution in [0.4, 0.5) is 14.5 Å². The molecule has 3 aromatic carbocycles. The molecule has 0 unspecified atom stereocenters. The van der Waals surface area contributed by atoms with Gasteiger partial charge in [-0.2, -0.15) is 8.78 Å². The van der Waals surface area contributed by atoms with Gasteiger partial charge >= 0.3 is 6.61 Å². The van der Waals surface area contributed by atoms with Crippen LogP contribution in [-0.2, 0) is 4.79 Å². The number of carbonyl (C=O) groups is 2. The number of hydrogen-bond donors (Lipinski definition) is 1. The minimum absolute atomic E-state index is 0.0346. The zero-order valence-corrected chi connectivity index (χ0v) is 20.9. The number of aromatic amines is 1. The first-order valence-electron chi connectivity index (χ1n) is 11.5. The molecule has 192 valence electrons. The van der Waals surface area contributed by atoms with Gasteiger partial charge in [-0.1, -0.05) is 42.1 Å². The van der Waals surface area contributed by atoms with Crippen molar-refractivity contribution in [3.8, 4) is 11.5 Å². The van der Waals surface area contributed by atoms with E-state index in [9.17, 15) is 18.4 Å². The second kappa shape index (κ2) is 10.9. The fraction of sp³-hybridized carbons (Fsp3) is 0.107. The normalized spacial score (nSPS) is 14.4. The van der Waals surface area contributed by atoms with Gasteiger partial charge in [-0.3, -0.25) is 14.5 Å². The molecule has 1 aliphatic rings. The summed E-state index contributed by atoms with van der Waals surface area (Å²) in [5.41, 5.74) is 2.71. The summed E-state index contributed by atoms with van der Waals surface area (Å²) in [6.07, 6.45) is 3.31. The maximum atomic E-state index is 13.4. The van der Waals surface area contributed by atoms with Crippen LogP contribution in [0.25, 0.3) is 17.0 Å². The summed E-state index contributed by atoms with van der Waals surface area (Å²) in [4.78, 5) is 35.5. The van der Waals surface area contributed by atoms with Crippen LogP contribution in [-0.4, -0.2) is 41.3 Å². The van der Waals surface area contributed by atoms with E-state index >= 15 is 0 Å². The van der Waals surface area contributed by atoms with Crippen LogP contribution >= 0.6 is 11.8 Å². The van der Waals surface area contributed by atoms with Crippen LogP contribution in [0.1, 0.15) is 15.9 Å². The minimum atomic E-state index is -2.96. The second-order valence-electron chi connectivity index (χ2n) is 8.17. The largest absolute Gasteiger partial charge is 0.497 e. The lowest BCUT2D eigenvalue weighted by Crippen LogP contribution is -2.30. The van der Waals surface area contributed by atoms with E-state index in [0.29, 0.717) is 22.2 Å². The van der Waals surface area contributed by atoms with Crippen molar-refractivity contribution in [3.05, 3.63) is 95.8 Å². The maximum Gasteiger partial charge on any atom is 0.387 e. The fourth-order valence-electron chi connectivity index (χ4n) is 3.97. The SMILES string of the molecule is COc1ccc(C=C2N=C(SCC(=O)c3c[nH]c4ccccc34)N(c3ccc(OC(F)F)cc3)C2=O)cc1. The number of nitrogens with zero attached hydrogens (tertiary/aromatic N) is 2. The molecule has 7 nitrogen and oxygen atoms in total. The summed E-state index contributed by atoms with van der Waals surface area (Å²) in [5.74, 6) is 0.131. The second-order valence-corrected chi connectivity index (χ2v) is 9.11. The molecule has 10 heteroatoms. The predicted octanol–water partition coefficient (Wildman–Crippen LogP) is 6.14. The molecule has 0 saturated carbocycles. The van der Waals surface area contributed by atoms with Crippen LogP contribution in [0.15, 0.2) is 89.7 Å². The Kier molecular flexibility index (Phi) is 7.23. The quantitative estimate of drug-likeness (QED) is 0.217. The van der Waals surface area contributed by atoms with E-state index in [4.69, 9.17) is 4.74 Å². The van der Waals surface area contributed by atoms with Gasteiger partial charge in [0.1, 0.15) is 17.2 Å². The molecule has 1 aliphatic heterocycles. The Morgan fingerprint density at radius 2 is 1.76 bits per heavy atom. The number of ether oxygens (including phenoxy) is 2. The number of hydrogen-bond acceptors (Lipinski definition) is 6. The van der Waals surface area contributed by atoms with Crippen molar-refractivity contribution in [2.24, 2.45) is 4.99 Å². The van der Waals surface area contributed by atoms with Crippen LogP contribution in [0.3, 0.4) is 0 Å². The molecule has 0 radical (unpaired) electrons. The van der Waals surface area contributed by atoms with Crippen molar-refractivity contribution in [3.63, 3.8) is 0 Å². The Balaban J connectivity index is 1.43. The van der Waals surface area contributed by atoms with E-state index in [1.165, 1.54) is 29.2 Å². The van der Waals surface area contributed by atoms with Gasteiger partial charge in [0, 0.05) is 22.7 Å². The molecule has 0 fully saturated rings. The lowest BCUT2D eigenvalue weighted by atomic mass is 10.1. The lowest BCUT2D eigenvalue weighted by molar-refractivity contribution is -0.113. The topological polar surface area (TPSA) is 84.0 Å². The Hall–Kier alpha value is -4.44. The summed E-state index contributed by atoms with van der Waals surface area (Å²) >= 11 is 1.12. The maximum absolute atomic E-state index is 13.4. The first kappa shape index (κ1) is 25.2. The van der Waals surface area contributed by atoms with Gasteiger partial charge in [-0.25, -0.2) is 4.99 Å². The molecule has 1 N–H and O–H groups in total. The molecular formula is C28H21F2N3O4S. The minimum Gasteiger partial charge on any atom is -0.497 e. The number of amidine groups is 1. The van der Waals surface area contributed by atoms with E-state index in [0.717, 1.165) is 28.2 Å². The van der Waals surface area contributed by atoms with Crippen LogP contribution in [0.5, 0.6) is 11.5 Å². The number of H-pyrrole nitrogens is 1. The van der Waals surface area contributed by atoms with Crippen molar-refractivity contribution >= 4 is 51.3 Å². The first-order chi connectivity index (χ1) is 18.4. The zero-order chi connectivity index (χ0) is 26.6. The number of benzene rings is 3. The first-order valence-corrected chi connectivity index (χ1v) is 12.5. The van der Waals surface area contributed by atoms with Crippen molar-refractivity contribution in [1.29, 1.82) is 0 Å². The van der Waals surface area contributed by atoms with E-state index in [1.54, 1.807) is 43.6 Å². The number of Topliss-reactive ketones (excluding diaryl/α,β-unsaturated/α-hetero) is 1. The van der Waals surface area contributed by atoms with Crippen LogP contribution < -0.4 is 14.4 Å². The Morgan fingerprint density at radius 3 is 2.47 bits per heavy atom. The Labute approximate surface area is 220 Å². The molecule has 0 aliphatic carbocycles. The van der Waals surface area contributed by atoms with E-state index < -0.39 is 12.5 Å². The molecule has 38 heavy (non-hydrogen) atoms. The number of ketones is 1. The number of halogens is 2. The number of anilines is 1. The third kappa shape index (κ3) is 5.30. The molecule has 1 aromatic heterocycles. The number of methoxy groups -OCH3 is 1. The van der Waals surface area contributed by atoms with Crippen LogP contribution in [0, 0.1) is 0 Å². The summed E-state index contributed by atoms with van der Waals surface area (Å²) < 4.78 is 34.8. The van der Waals surface area contributed by atoms with E-state index in [1.807, 2.05) is 24.3 Å². The predicted molar refractivity (Wildman–Crippen MR) is 144 cm³/mol. The molecule has 1 amide bonds. The van der Waals surface area contributed by atoms with Gasteiger partial charge in [-0.05, 0) is 54.1 Å². The van der Waals surface area contributed by atoms with Crippen molar-refractivity contribution < 1.29 is 27.8 Å². The standard InChI is InChI=1S/C28H21F2N3O4S/c1-36-19-10-6-17(7-11-19)14-24-26(35)33(18-8-12-20(13-9-18)37-27(29)30)28(32-24)38-16-25(34)22-15-31-23-5-3-2-4-21(22)23/h2-15,27,31H,16H2,1H3. The number of carbonyl (C=O) groups excluding carboxylic acids is 2. The van der Waals surface area contributed by atoms with Crippen molar-refractivity contribution in [2.45, 2.75) is 6.61 Å². The highest BCUT2D eigenvalue weighted by molar-refractivity contribution is 8.14. The number of aromatic nitrogens is 1. The molecule has 0 bridgehead atoms. The Morgan fingerprint density at radius 1 is 1.05 bits per heavy atom. The summed E-state index contributed by atoms with van der Waals surface area (Å²) in [6.45, 7) is -2.96. The van der Waals surface area contributed by atoms with Crippen molar-refractivity contribution in [1.82, 2.24) is 4.98 Å². The molecule has 0 spiro atoms. The highest BCUT2D eigenvalue weighted by Crippen LogP contribution is 2.32. The Bertz CT molecular complexity index is 1550. The third-order valence-corrected chi connectivity index (χ3v) is 6.73. The monoisotopic (exact) mass is 533 g/mol. The molecule has 0 saturated heterocycles. The molecule has 5 rings (SSSR count). The third-order valence-electron chi connectivity index (χ3n) is 5.79. The summed E-state index contributed by atoms with van der Waals surface area (Å²) in [6, 6.07) is 20.3. The van der Waals surface area contributed by atoms with Gasteiger partial charge in [0.15, 0.2) is 11.0 Å². The number of rotatable bonds is 8. The number of fused-ring (bicyclic) bond motifs is 1. The average molecular weight is 534 g/mol. The summed E-state index contributed by atoms with van der Waals surface area (Å²) in [7, 11) is 1.56. The molecule has 2 heterocycles. The van der Waals surface area contributed by atoms with Crippen molar-refractivity contribution in [2.75, 3.05) is 17.8 Å². The van der Waals surface area contributed by atoms with Gasteiger partial charge < -0.3 is 14.5 Å². The highest BCUT2D eigenvalue weighted by Gasteiger charge is 2.32. The molecular weight excluding hydrogens is 512 g/mol. The van der Waals surface area contributed by atoms with Crippen LogP contribution in [0.2, 0.25) is 0 Å². The van der Waals surface area contributed by atoms with E-state index in [-0.39, 0.29) is 23.0 Å². The number of nitrogens with one attached hydrogen (secondary N) is 1. The number of para-hydroxylation sites is 1. The van der Waals surface area contributed by atoms with Gasteiger partial charge in [-0.15, -0.1) is 0 Å². The van der Waals surface area contributed by atoms with Gasteiger partial charge in [0.2, 0.25) is 0 Å². The number of aliphatic imine (C=N–C) groups is 1. The van der Waals surface area contributed by atoms with Gasteiger partial charge in [0.25, 0.3) is 5.91 Å². The molecule has 4 aromatic rings. The smallest absolute Gasteiger partial charge is 0.387 e. The summed E-state index contributed by atoms with van der Waals surface area (Å²) in [5, 5.41) is 1.11. The van der Waals surface area contributed by atoms with E-state index in [2.05, 4.69) is 14.7 Å². The average Bonchev–Trinajstić information content (AvgIpc) is 3.49. The number of alkyl halides is 2. The number of thioether (sulfide) groups is 1. The fourth-order valence-corrected chi connectivity index (χ4v) is 4.86. The number of amides is 1. The molecule has 0 atom stereocenters.